The van der Waals surface area contributed by atoms with Crippen LogP contribution in [0.2, 0.25) is 5.02 Å². The molecule has 0 radical (unpaired) electrons. The number of halogens is 1. The van der Waals surface area contributed by atoms with Gasteiger partial charge in [-0.15, -0.1) is 11.8 Å². The van der Waals surface area contributed by atoms with Crippen LogP contribution in [0.5, 0.6) is 0 Å². The molecule has 4 aromatic carbocycles. The minimum atomic E-state index is -4.58. The molecule has 2 fully saturated rings. The Morgan fingerprint density at radius 1 is 0.589 bits per heavy atom. The highest BCUT2D eigenvalue weighted by molar-refractivity contribution is 7.99. The maximum atomic E-state index is 13.8. The summed E-state index contributed by atoms with van der Waals surface area (Å²) < 4.78 is 74.0. The van der Waals surface area contributed by atoms with Gasteiger partial charge in [0.15, 0.2) is 37.9 Å². The molecule has 0 bridgehead atoms. The van der Waals surface area contributed by atoms with E-state index in [2.05, 4.69) is 62.4 Å². The lowest BCUT2D eigenvalue weighted by Crippen LogP contribution is -2.43. The SMILES string of the molecule is Cc1ccc(S(=O)(=O)Nc2ccc(NNC(=O)C(=O)NCCCN3CCOCC3)cc2)c(C(=O)O)c1NC(=O)c1ccc[n+](CCSCC[n+]2cccc(CONc3c(Cl)ccc(S(=O)(=O)Nc4ccc(NNC(=O)C(=O)NCCCN5CCOCC5)cc4)c3C(=O)O)c2)c1. The van der Waals surface area contributed by atoms with E-state index >= 15 is 0 Å². The molecule has 0 unspecified atom stereocenters. The van der Waals surface area contributed by atoms with Crippen LogP contribution in [-0.4, -0.2) is 169 Å². The molecule has 34 heteroatoms. The smallest absolute Gasteiger partial charge is 0.339 e. The van der Waals surface area contributed by atoms with E-state index in [-0.39, 0.29) is 45.5 Å². The number of amides is 5. The Hall–Kier alpha value is -9.19. The number of aryl methyl sites for hydroxylation is 3. The van der Waals surface area contributed by atoms with Crippen LogP contribution in [0.1, 0.15) is 55.0 Å². The molecule has 30 nitrogen and oxygen atoms in total. The number of nitrogens with zero attached hydrogens (tertiary/aromatic N) is 4. The van der Waals surface area contributed by atoms with Gasteiger partial charge in [-0.2, -0.15) is 0 Å². The van der Waals surface area contributed by atoms with Crippen molar-refractivity contribution in [1.82, 2.24) is 31.3 Å². The summed E-state index contributed by atoms with van der Waals surface area (Å²) in [5.41, 5.74) is 12.2. The molecule has 2 saturated heterocycles. The number of carboxylic acid groups (broad SMARTS) is 2. The van der Waals surface area contributed by atoms with Crippen LogP contribution < -0.4 is 61.7 Å². The number of hydrogen-bond acceptors (Lipinski definition) is 20. The van der Waals surface area contributed by atoms with Gasteiger partial charge in [0.25, 0.3) is 26.0 Å². The summed E-state index contributed by atoms with van der Waals surface area (Å²) >= 11 is 8.03. The topological polar surface area (TPSA) is 390 Å². The van der Waals surface area contributed by atoms with E-state index in [1.807, 2.05) is 17.0 Å². The largest absolute Gasteiger partial charge is 0.478 e. The van der Waals surface area contributed by atoms with Crippen LogP contribution in [0.4, 0.5) is 34.1 Å². The van der Waals surface area contributed by atoms with E-state index in [1.54, 1.807) is 46.9 Å². The Balaban J connectivity index is 0.769. The summed E-state index contributed by atoms with van der Waals surface area (Å²) in [5, 5.41) is 28.3. The van der Waals surface area contributed by atoms with Crippen molar-refractivity contribution >= 4 is 119 Å². The average Bonchev–Trinajstić information content (AvgIpc) is 0.785. The molecular weight excluding hydrogens is 1320 g/mol. The number of aromatic nitrogens is 2. The third-order valence-corrected chi connectivity index (χ3v) is 18.7. The Morgan fingerprint density at radius 3 is 1.56 bits per heavy atom. The number of carboxylic acids is 2. The molecule has 2 aromatic heterocycles. The maximum absolute atomic E-state index is 13.8. The molecule has 95 heavy (non-hydrogen) atoms. The fraction of sp³-hybridized carbons (Fsp3) is 0.328. The minimum Gasteiger partial charge on any atom is -0.478 e. The second-order valence-electron chi connectivity index (χ2n) is 21.4. The Labute approximate surface area is 556 Å². The lowest BCUT2D eigenvalue weighted by atomic mass is 10.1. The van der Waals surface area contributed by atoms with E-state index in [1.165, 1.54) is 73.7 Å². The van der Waals surface area contributed by atoms with Crippen LogP contribution in [0.15, 0.2) is 132 Å². The van der Waals surface area contributed by atoms with E-state index in [9.17, 15) is 60.6 Å². The zero-order valence-electron chi connectivity index (χ0n) is 51.5. The first kappa shape index (κ1) is 71.7. The highest BCUT2D eigenvalue weighted by Gasteiger charge is 2.30. The monoisotopic (exact) mass is 1390 g/mol. The molecule has 6 aromatic rings. The zero-order valence-corrected chi connectivity index (χ0v) is 54.7. The number of thioether (sulfide) groups is 1. The quantitative estimate of drug-likeness (QED) is 0.0125. The number of aromatic carboxylic acids is 2. The molecule has 0 aliphatic carbocycles. The third kappa shape index (κ3) is 21.4. The summed E-state index contributed by atoms with van der Waals surface area (Å²) in [6.45, 7) is 10.4. The molecule has 0 saturated carbocycles. The molecule has 5 amide bonds. The standard InChI is InChI=1S/C61H71ClN14O16S3/c1-41-8-18-49(94(86,87)71-46-13-9-44(10-14-46)66-68-58(80)56(78)63-20-4-24-73-26-32-90-33-27-73)51(60(82)83)53(41)65-55(77)43-7-3-23-76(39-43)31-37-93-36-30-75-22-2-6-42(38-75)40-92-70-54-48(62)17-19-50(52(54)61(84)85)95(88,89)72-47-15-11-45(12-16-47)67-69-59(81)57(79)64-21-5-25-74-28-34-91-35-29-74/h2-3,6-19,22-23,38-39,70H,4-5,20-21,24-37,40H2,1H3,(H9-2,63,64,65,66,67,68,69,71,72,77,78,79,80,81,82,83,84,85)/p+2. The maximum Gasteiger partial charge on any atom is 0.339 e. The van der Waals surface area contributed by atoms with Crippen molar-refractivity contribution in [2.45, 2.75) is 49.3 Å². The molecule has 2 aliphatic heterocycles. The Kier molecular flexibility index (Phi) is 26.3. The lowest BCUT2D eigenvalue weighted by molar-refractivity contribution is -0.693. The van der Waals surface area contributed by atoms with Gasteiger partial charge in [-0.1, -0.05) is 17.7 Å². The highest BCUT2D eigenvalue weighted by Crippen LogP contribution is 2.34. The number of carbonyl (C=O) groups excluding carboxylic acids is 5. The zero-order chi connectivity index (χ0) is 67.9. The second kappa shape index (κ2) is 34.8. The first-order chi connectivity index (χ1) is 45.6. The van der Waals surface area contributed by atoms with Crippen molar-refractivity contribution in [1.29, 1.82) is 0 Å². The summed E-state index contributed by atoms with van der Waals surface area (Å²) in [5.74, 6) is -6.20. The van der Waals surface area contributed by atoms with Crippen molar-refractivity contribution in [3.05, 3.63) is 155 Å². The molecule has 506 valence electrons. The molecule has 0 spiro atoms. The predicted octanol–water partition coefficient (Wildman–Crippen LogP) is 3.01. The van der Waals surface area contributed by atoms with Gasteiger partial charge in [-0.3, -0.25) is 75.2 Å². The number of pyridine rings is 2. The van der Waals surface area contributed by atoms with Crippen LogP contribution in [0.3, 0.4) is 0 Å². The van der Waals surface area contributed by atoms with E-state index in [4.69, 9.17) is 25.9 Å². The number of hydrazine groups is 2. The molecule has 2 aliphatic rings. The number of rotatable bonds is 32. The van der Waals surface area contributed by atoms with Crippen LogP contribution in [0, 0.1) is 6.92 Å². The van der Waals surface area contributed by atoms with E-state index in [0.29, 0.717) is 93.9 Å². The van der Waals surface area contributed by atoms with Gasteiger partial charge >= 0.3 is 35.6 Å². The Morgan fingerprint density at radius 2 is 1.05 bits per heavy atom. The van der Waals surface area contributed by atoms with Gasteiger partial charge in [0.05, 0.1) is 65.7 Å². The summed E-state index contributed by atoms with van der Waals surface area (Å²) in [7, 11) is -9.14. The van der Waals surface area contributed by atoms with Crippen molar-refractivity contribution < 1.29 is 84.1 Å². The van der Waals surface area contributed by atoms with Crippen LogP contribution in [0.25, 0.3) is 0 Å². The molecule has 8 rings (SSSR count). The van der Waals surface area contributed by atoms with Crippen molar-refractivity contribution in [3.8, 4) is 0 Å². The van der Waals surface area contributed by atoms with Crippen LogP contribution in [-0.2, 0) is 73.2 Å². The fourth-order valence-corrected chi connectivity index (χ4v) is 13.3. The predicted molar refractivity (Wildman–Crippen MR) is 351 cm³/mol. The van der Waals surface area contributed by atoms with Gasteiger partial charge in [-0.05, 0) is 117 Å². The number of hydrogen-bond donors (Lipinski definition) is 12. The number of sulfonamides is 2. The van der Waals surface area contributed by atoms with Crippen molar-refractivity contribution in [2.24, 2.45) is 0 Å². The van der Waals surface area contributed by atoms with E-state index in [0.717, 1.165) is 51.4 Å². The summed E-state index contributed by atoms with van der Waals surface area (Å²) in [6.07, 6.45) is 8.30. The molecule has 0 atom stereocenters. The van der Waals surface area contributed by atoms with Gasteiger partial charge in [0.1, 0.15) is 33.1 Å². The van der Waals surface area contributed by atoms with E-state index < -0.39 is 82.4 Å². The second-order valence-corrected chi connectivity index (χ2v) is 26.4. The minimum absolute atomic E-state index is 0.0398. The molecule has 12 N–H and O–H groups in total. The summed E-state index contributed by atoms with van der Waals surface area (Å²) in [4.78, 5) is 97.3. The first-order valence-corrected chi connectivity index (χ1v) is 34.3. The number of carbonyl (C=O) groups is 7. The van der Waals surface area contributed by atoms with Gasteiger partial charge < -0.3 is 35.6 Å². The fourth-order valence-electron chi connectivity index (χ4n) is 9.65. The number of nitrogens with one attached hydrogen (secondary N) is 10. The highest BCUT2D eigenvalue weighted by atomic mass is 35.5. The van der Waals surface area contributed by atoms with Crippen molar-refractivity contribution in [2.75, 3.05) is 121 Å². The van der Waals surface area contributed by atoms with Crippen molar-refractivity contribution in [3.63, 3.8) is 0 Å². The summed E-state index contributed by atoms with van der Waals surface area (Å²) in [6, 6.07) is 22.6. The van der Waals surface area contributed by atoms with Crippen LogP contribution >= 0.6 is 23.4 Å². The molecular formula is C61H73ClN14O16S3+2. The number of anilines is 6. The number of ether oxygens (including phenoxy) is 2. The van der Waals surface area contributed by atoms with Gasteiger partial charge in [0, 0.05) is 68.3 Å². The number of morpholine rings is 2. The molecule has 4 heterocycles. The Bertz CT molecular complexity index is 3960. The van der Waals surface area contributed by atoms with Gasteiger partial charge in [0.2, 0.25) is 0 Å². The number of benzene rings is 4. The first-order valence-electron chi connectivity index (χ1n) is 29.8. The van der Waals surface area contributed by atoms with Gasteiger partial charge in [-0.25, -0.2) is 35.6 Å². The normalized spacial score (nSPS) is 13.5. The lowest BCUT2D eigenvalue weighted by Gasteiger charge is -2.26. The average molecular weight is 1390 g/mol. The third-order valence-electron chi connectivity index (χ3n) is 14.6.